The van der Waals surface area contributed by atoms with Crippen molar-refractivity contribution in [2.24, 2.45) is 0 Å². The highest BCUT2D eigenvalue weighted by atomic mass is 31.1. The number of hydrogen-bond donors (Lipinski definition) is 3. The van der Waals surface area contributed by atoms with E-state index in [1.54, 1.807) is 0 Å². The Hall–Kier alpha value is -2.53. The monoisotopic (exact) mass is 388 g/mol. The van der Waals surface area contributed by atoms with Gasteiger partial charge in [0, 0.05) is 23.5 Å². The van der Waals surface area contributed by atoms with E-state index in [2.05, 4.69) is 14.6 Å². The summed E-state index contributed by atoms with van der Waals surface area (Å²) in [5, 5.41) is 0. The summed E-state index contributed by atoms with van der Waals surface area (Å²) < 4.78 is 17.2. The molecule has 0 saturated heterocycles. The molecule has 12 nitrogen and oxygen atoms in total. The molecule has 0 aliphatic rings. The van der Waals surface area contributed by atoms with Crippen LogP contribution in [0.15, 0.2) is 31.6 Å². The van der Waals surface area contributed by atoms with Gasteiger partial charge in [-0.2, -0.15) is 4.67 Å². The lowest BCUT2D eigenvalue weighted by molar-refractivity contribution is -0.252. The molecule has 1 unspecified atom stereocenters. The van der Waals surface area contributed by atoms with Gasteiger partial charge in [0.1, 0.15) is 6.10 Å². The maximum Gasteiger partial charge on any atom is 0.344 e. The lowest BCUT2D eigenvalue weighted by atomic mass is 10.3. The summed E-state index contributed by atoms with van der Waals surface area (Å²) in [6.07, 6.45) is 1.50. The molecule has 142 valence electrons. The van der Waals surface area contributed by atoms with Crippen LogP contribution in [0.5, 0.6) is 0 Å². The van der Waals surface area contributed by atoms with Crippen LogP contribution in [0, 0.1) is 13.8 Å². The van der Waals surface area contributed by atoms with Crippen LogP contribution >= 0.6 is 8.25 Å². The predicted octanol–water partition coefficient (Wildman–Crippen LogP) is -1.60. The van der Waals surface area contributed by atoms with Crippen LogP contribution in [0.3, 0.4) is 0 Å². The highest BCUT2D eigenvalue weighted by molar-refractivity contribution is 7.31. The molecule has 0 fully saturated rings. The van der Waals surface area contributed by atoms with Crippen molar-refractivity contribution in [1.82, 2.24) is 19.1 Å². The molecular weight excluding hydrogens is 371 g/mol. The molecule has 0 aliphatic carbocycles. The first-order chi connectivity index (χ1) is 12.2. The van der Waals surface area contributed by atoms with Gasteiger partial charge in [0.25, 0.3) is 11.1 Å². The molecule has 3 N–H and O–H groups in total. The number of H-pyrrole nitrogens is 2. The van der Waals surface area contributed by atoms with Crippen LogP contribution in [0.25, 0.3) is 0 Å². The van der Waals surface area contributed by atoms with Gasteiger partial charge in [-0.15, -0.1) is 0 Å². The number of aromatic nitrogens is 4. The highest BCUT2D eigenvalue weighted by Gasteiger charge is 2.17. The summed E-state index contributed by atoms with van der Waals surface area (Å²) in [5.74, 6) is 0. The first-order valence-electron chi connectivity index (χ1n) is 7.34. The minimum Gasteiger partial charge on any atom is -0.325 e. The minimum absolute atomic E-state index is 0.198. The Balaban J connectivity index is 2.33. The third-order valence-electron chi connectivity index (χ3n) is 3.43. The van der Waals surface area contributed by atoms with E-state index in [-0.39, 0.29) is 24.2 Å². The van der Waals surface area contributed by atoms with E-state index in [0.717, 1.165) is 9.13 Å². The topological polar surface area (TPSA) is 165 Å². The molecule has 0 aliphatic heterocycles. The number of aromatic amines is 2. The van der Waals surface area contributed by atoms with E-state index in [1.165, 1.54) is 26.2 Å². The Kier molecular flexibility index (Phi) is 6.27. The van der Waals surface area contributed by atoms with Gasteiger partial charge >= 0.3 is 19.6 Å². The van der Waals surface area contributed by atoms with Crippen LogP contribution in [-0.4, -0.2) is 30.1 Å². The van der Waals surface area contributed by atoms with Gasteiger partial charge in [0.05, 0.1) is 13.1 Å². The van der Waals surface area contributed by atoms with E-state index in [1.807, 2.05) is 0 Å². The molecule has 26 heavy (non-hydrogen) atoms. The normalized spacial score (nSPS) is 12.5. The Morgan fingerprint density at radius 1 is 1.00 bits per heavy atom. The Morgan fingerprint density at radius 3 is 1.81 bits per heavy atom. The van der Waals surface area contributed by atoms with Gasteiger partial charge in [-0.05, 0) is 13.8 Å². The van der Waals surface area contributed by atoms with E-state index in [9.17, 15) is 23.7 Å². The summed E-state index contributed by atoms with van der Waals surface area (Å²) in [6.45, 7) is 2.58. The Bertz CT molecular complexity index is 974. The molecular formula is C13H17N4O8P. The van der Waals surface area contributed by atoms with Crippen molar-refractivity contribution < 1.29 is 19.0 Å². The Labute approximate surface area is 145 Å². The van der Waals surface area contributed by atoms with Gasteiger partial charge in [0.2, 0.25) is 0 Å². The second-order valence-electron chi connectivity index (χ2n) is 5.51. The fourth-order valence-corrected chi connectivity index (χ4v) is 2.39. The standard InChI is InChI=1S/C13H17N4O8P/c1-7-3-16(12(20)14-10(7)18)5-9(24-25-26(22)23)6-17-4-8(2)11(19)15-13(17)21/h3-4,9,26H,5-6H2,1-2H3,(H,22,23)(H,14,18,20)(H,15,19,21). The highest BCUT2D eigenvalue weighted by Crippen LogP contribution is 2.17. The van der Waals surface area contributed by atoms with Gasteiger partial charge < -0.3 is 4.89 Å². The largest absolute Gasteiger partial charge is 0.344 e. The summed E-state index contributed by atoms with van der Waals surface area (Å²) in [7, 11) is -3.42. The van der Waals surface area contributed by atoms with E-state index >= 15 is 0 Å². The SMILES string of the molecule is Cc1cn(CC(Cn2cc(C)c(=O)[nH]c2=O)OO[PH](=O)O)c(=O)[nH]c1=O. The molecule has 0 aromatic carbocycles. The third kappa shape index (κ3) is 4.99. The Morgan fingerprint density at radius 2 is 1.42 bits per heavy atom. The zero-order valence-electron chi connectivity index (χ0n) is 13.8. The van der Waals surface area contributed by atoms with Crippen LogP contribution in [0.2, 0.25) is 0 Å². The van der Waals surface area contributed by atoms with Crippen molar-refractivity contribution in [2.45, 2.75) is 33.0 Å². The summed E-state index contributed by atoms with van der Waals surface area (Å²) in [5.41, 5.74) is -2.03. The maximum atomic E-state index is 11.9. The molecule has 0 saturated carbocycles. The van der Waals surface area contributed by atoms with Gasteiger partial charge in [-0.1, -0.05) is 0 Å². The van der Waals surface area contributed by atoms with Crippen molar-refractivity contribution in [3.8, 4) is 0 Å². The van der Waals surface area contributed by atoms with Crippen molar-refractivity contribution in [3.05, 3.63) is 65.2 Å². The van der Waals surface area contributed by atoms with Gasteiger partial charge in [0.15, 0.2) is 0 Å². The second kappa shape index (κ2) is 8.23. The van der Waals surface area contributed by atoms with Crippen LogP contribution in [0.1, 0.15) is 11.1 Å². The zero-order chi connectivity index (χ0) is 19.4. The average molecular weight is 388 g/mol. The van der Waals surface area contributed by atoms with Crippen molar-refractivity contribution >= 4 is 8.25 Å². The minimum atomic E-state index is -3.42. The lowest BCUT2D eigenvalue weighted by Gasteiger charge is -2.18. The molecule has 0 spiro atoms. The first kappa shape index (κ1) is 19.8. The van der Waals surface area contributed by atoms with Crippen LogP contribution < -0.4 is 22.5 Å². The second-order valence-corrected chi connectivity index (χ2v) is 6.21. The molecule has 2 aromatic heterocycles. The molecule has 0 radical (unpaired) electrons. The van der Waals surface area contributed by atoms with E-state index in [4.69, 9.17) is 9.78 Å². The zero-order valence-corrected chi connectivity index (χ0v) is 14.8. The summed E-state index contributed by atoms with van der Waals surface area (Å²) >= 11 is 0. The lowest BCUT2D eigenvalue weighted by Crippen LogP contribution is -2.39. The van der Waals surface area contributed by atoms with E-state index < -0.39 is 36.9 Å². The van der Waals surface area contributed by atoms with Crippen molar-refractivity contribution in [1.29, 1.82) is 0 Å². The molecule has 13 heteroatoms. The third-order valence-corrected chi connectivity index (χ3v) is 3.67. The molecule has 1 atom stereocenters. The molecule has 2 heterocycles. The van der Waals surface area contributed by atoms with Crippen LogP contribution in [0.4, 0.5) is 0 Å². The molecule has 2 aromatic rings. The van der Waals surface area contributed by atoms with Gasteiger partial charge in [-0.3, -0.25) is 33.3 Å². The van der Waals surface area contributed by atoms with Crippen LogP contribution in [-0.2, 0) is 27.2 Å². The van der Waals surface area contributed by atoms with E-state index in [0.29, 0.717) is 0 Å². The number of hydrogen-bond acceptors (Lipinski definition) is 7. The fraction of sp³-hybridized carbons (Fsp3) is 0.385. The summed E-state index contributed by atoms with van der Waals surface area (Å²) in [4.78, 5) is 64.4. The summed E-state index contributed by atoms with van der Waals surface area (Å²) in [6, 6.07) is 0. The number of nitrogens with zero attached hydrogens (tertiary/aromatic N) is 2. The molecule has 0 amide bonds. The number of rotatable bonds is 7. The smallest absolute Gasteiger partial charge is 0.325 e. The molecule has 0 bridgehead atoms. The van der Waals surface area contributed by atoms with Crippen molar-refractivity contribution in [3.63, 3.8) is 0 Å². The maximum absolute atomic E-state index is 11.9. The van der Waals surface area contributed by atoms with Crippen molar-refractivity contribution in [2.75, 3.05) is 0 Å². The number of aryl methyl sites for hydroxylation is 2. The average Bonchev–Trinajstić information content (AvgIpc) is 2.55. The quantitative estimate of drug-likeness (QED) is 0.290. The predicted molar refractivity (Wildman–Crippen MR) is 89.3 cm³/mol. The fourth-order valence-electron chi connectivity index (χ4n) is 2.17. The first-order valence-corrected chi connectivity index (χ1v) is 8.60. The number of nitrogens with one attached hydrogen (secondary N) is 2. The van der Waals surface area contributed by atoms with Gasteiger partial charge in [-0.25, -0.2) is 14.5 Å². The molecule has 2 rings (SSSR count).